The average Bonchev–Trinajstić information content (AvgIpc) is 2.93. The van der Waals surface area contributed by atoms with E-state index < -0.39 is 5.60 Å². The van der Waals surface area contributed by atoms with Crippen molar-refractivity contribution < 1.29 is 5.11 Å². The number of nitrogens with zero attached hydrogens (tertiary/aromatic N) is 1. The normalized spacial score (nSPS) is 36.1. The molecule has 3 atom stereocenters. The van der Waals surface area contributed by atoms with Crippen molar-refractivity contribution in [3.63, 3.8) is 0 Å². The number of fused-ring (bicyclic) bond motifs is 1. The average molecular weight is 231 g/mol. The molecule has 0 radical (unpaired) electrons. The molecule has 1 saturated carbocycles. The first-order valence-electron chi connectivity index (χ1n) is 6.92. The van der Waals surface area contributed by atoms with Crippen molar-refractivity contribution in [2.24, 2.45) is 5.92 Å². The molecule has 2 heteroatoms. The largest absolute Gasteiger partial charge is 0.389 e. The van der Waals surface area contributed by atoms with Gasteiger partial charge >= 0.3 is 0 Å². The van der Waals surface area contributed by atoms with Crippen LogP contribution in [-0.2, 0) is 6.42 Å². The fraction of sp³-hybridized carbons (Fsp3) is 0.667. The number of aryl methyl sites for hydroxylation is 1. The lowest BCUT2D eigenvalue weighted by Gasteiger charge is -2.35. The number of hydrogen-bond acceptors (Lipinski definition) is 2. The summed E-state index contributed by atoms with van der Waals surface area (Å²) in [5, 5.41) is 11.1. The number of rotatable bonds is 2. The van der Waals surface area contributed by atoms with Gasteiger partial charge < -0.3 is 5.11 Å². The molecule has 0 bridgehead atoms. The lowest BCUT2D eigenvalue weighted by atomic mass is 9.76. The molecule has 3 unspecified atom stereocenters. The molecule has 0 amide bonds. The van der Waals surface area contributed by atoms with Crippen LogP contribution in [0.4, 0.5) is 0 Å². The van der Waals surface area contributed by atoms with E-state index in [1.54, 1.807) is 0 Å². The summed E-state index contributed by atoms with van der Waals surface area (Å²) in [4.78, 5) is 4.54. The molecule has 1 N–H and O–H groups in total. The third-order valence-corrected chi connectivity index (χ3v) is 4.89. The van der Waals surface area contributed by atoms with Crippen LogP contribution in [0.25, 0.3) is 0 Å². The summed E-state index contributed by atoms with van der Waals surface area (Å²) in [5.41, 5.74) is 2.05. The minimum Gasteiger partial charge on any atom is -0.389 e. The van der Waals surface area contributed by atoms with E-state index >= 15 is 0 Å². The molecular formula is C15H21NO. The predicted octanol–water partition coefficient (Wildman–Crippen LogP) is 3.05. The number of aromatic nitrogens is 1. The fourth-order valence-electron chi connectivity index (χ4n) is 4.00. The highest BCUT2D eigenvalue weighted by molar-refractivity contribution is 5.32. The van der Waals surface area contributed by atoms with Gasteiger partial charge in [-0.1, -0.05) is 25.8 Å². The summed E-state index contributed by atoms with van der Waals surface area (Å²) < 4.78 is 0. The molecule has 3 rings (SSSR count). The van der Waals surface area contributed by atoms with Gasteiger partial charge in [-0.25, -0.2) is 0 Å². The van der Waals surface area contributed by atoms with Gasteiger partial charge in [0.25, 0.3) is 0 Å². The SMILES string of the molecule is CCC1CCCC1(O)C1CCc2cccnc21. The Morgan fingerprint density at radius 3 is 3.18 bits per heavy atom. The van der Waals surface area contributed by atoms with E-state index in [0.717, 1.165) is 25.7 Å². The fourth-order valence-corrected chi connectivity index (χ4v) is 4.00. The van der Waals surface area contributed by atoms with E-state index in [-0.39, 0.29) is 5.92 Å². The molecule has 2 nitrogen and oxygen atoms in total. The minimum absolute atomic E-state index is 0.283. The Balaban J connectivity index is 1.96. The van der Waals surface area contributed by atoms with E-state index in [4.69, 9.17) is 0 Å². The van der Waals surface area contributed by atoms with Crippen molar-refractivity contribution >= 4 is 0 Å². The van der Waals surface area contributed by atoms with Gasteiger partial charge in [-0.3, -0.25) is 4.98 Å². The van der Waals surface area contributed by atoms with E-state index in [1.807, 2.05) is 12.3 Å². The second kappa shape index (κ2) is 4.09. The van der Waals surface area contributed by atoms with E-state index in [0.29, 0.717) is 5.92 Å². The van der Waals surface area contributed by atoms with Crippen LogP contribution in [0.15, 0.2) is 18.3 Å². The van der Waals surface area contributed by atoms with Crippen LogP contribution in [0.1, 0.15) is 56.2 Å². The Bertz CT molecular complexity index is 417. The van der Waals surface area contributed by atoms with Gasteiger partial charge in [-0.05, 0) is 43.2 Å². The molecular weight excluding hydrogens is 210 g/mol. The highest BCUT2D eigenvalue weighted by atomic mass is 16.3. The Hall–Kier alpha value is -0.890. The Morgan fingerprint density at radius 2 is 2.35 bits per heavy atom. The first-order valence-corrected chi connectivity index (χ1v) is 6.92. The van der Waals surface area contributed by atoms with Crippen LogP contribution in [0.2, 0.25) is 0 Å². The second-order valence-corrected chi connectivity index (χ2v) is 5.63. The second-order valence-electron chi connectivity index (χ2n) is 5.63. The van der Waals surface area contributed by atoms with E-state index in [2.05, 4.69) is 18.0 Å². The Labute approximate surface area is 103 Å². The highest BCUT2D eigenvalue weighted by Crippen LogP contribution is 2.50. The third-order valence-electron chi connectivity index (χ3n) is 4.89. The number of hydrogen-bond donors (Lipinski definition) is 1. The van der Waals surface area contributed by atoms with Gasteiger partial charge in [-0.15, -0.1) is 0 Å². The smallest absolute Gasteiger partial charge is 0.0759 e. The molecule has 2 aliphatic carbocycles. The maximum atomic E-state index is 11.1. The van der Waals surface area contributed by atoms with Crippen LogP contribution in [-0.4, -0.2) is 15.7 Å². The molecule has 1 aromatic rings. The zero-order valence-corrected chi connectivity index (χ0v) is 10.5. The summed E-state index contributed by atoms with van der Waals surface area (Å²) >= 11 is 0. The highest BCUT2D eigenvalue weighted by Gasteiger charge is 2.49. The molecule has 0 spiro atoms. The van der Waals surface area contributed by atoms with E-state index in [1.165, 1.54) is 24.1 Å². The summed E-state index contributed by atoms with van der Waals surface area (Å²) in [6.45, 7) is 2.20. The topological polar surface area (TPSA) is 33.1 Å². The number of aliphatic hydroxyl groups is 1. The lowest BCUT2D eigenvalue weighted by molar-refractivity contribution is -0.0257. The minimum atomic E-state index is -0.478. The van der Waals surface area contributed by atoms with Crippen molar-refractivity contribution in [3.8, 4) is 0 Å². The van der Waals surface area contributed by atoms with Crippen LogP contribution in [0.5, 0.6) is 0 Å². The van der Waals surface area contributed by atoms with Gasteiger partial charge in [0, 0.05) is 17.8 Å². The quantitative estimate of drug-likeness (QED) is 0.848. The molecule has 2 aliphatic rings. The van der Waals surface area contributed by atoms with Gasteiger partial charge in [0.2, 0.25) is 0 Å². The van der Waals surface area contributed by atoms with Crippen LogP contribution < -0.4 is 0 Å². The monoisotopic (exact) mass is 231 g/mol. The molecule has 0 saturated heterocycles. The molecule has 1 heterocycles. The van der Waals surface area contributed by atoms with Crippen molar-refractivity contribution in [2.75, 3.05) is 0 Å². The van der Waals surface area contributed by atoms with Crippen molar-refractivity contribution in [2.45, 2.75) is 57.0 Å². The maximum Gasteiger partial charge on any atom is 0.0759 e. The summed E-state index contributed by atoms with van der Waals surface area (Å²) in [6, 6.07) is 4.18. The van der Waals surface area contributed by atoms with Crippen molar-refractivity contribution in [3.05, 3.63) is 29.6 Å². The van der Waals surface area contributed by atoms with Gasteiger partial charge in [0.05, 0.1) is 5.60 Å². The maximum absolute atomic E-state index is 11.1. The van der Waals surface area contributed by atoms with Gasteiger partial charge in [-0.2, -0.15) is 0 Å². The molecule has 1 aromatic heterocycles. The first-order chi connectivity index (χ1) is 8.25. The third kappa shape index (κ3) is 1.61. The van der Waals surface area contributed by atoms with Gasteiger partial charge in [0.15, 0.2) is 0 Å². The standard InChI is InChI=1S/C15H21NO/c1-2-12-6-3-9-15(12,17)13-8-7-11-5-4-10-16-14(11)13/h4-5,10,12-13,17H,2-3,6-9H2,1H3. The summed E-state index contributed by atoms with van der Waals surface area (Å²) in [5.74, 6) is 0.756. The number of pyridine rings is 1. The molecule has 17 heavy (non-hydrogen) atoms. The lowest BCUT2D eigenvalue weighted by Crippen LogP contribution is -2.39. The summed E-state index contributed by atoms with van der Waals surface area (Å²) in [7, 11) is 0. The van der Waals surface area contributed by atoms with Gasteiger partial charge in [0.1, 0.15) is 0 Å². The van der Waals surface area contributed by atoms with Crippen molar-refractivity contribution in [1.82, 2.24) is 4.98 Å². The molecule has 0 aromatic carbocycles. The molecule has 1 fully saturated rings. The van der Waals surface area contributed by atoms with E-state index in [9.17, 15) is 5.11 Å². The predicted molar refractivity (Wildman–Crippen MR) is 67.9 cm³/mol. The zero-order valence-electron chi connectivity index (χ0n) is 10.5. The van der Waals surface area contributed by atoms with Crippen LogP contribution >= 0.6 is 0 Å². The Morgan fingerprint density at radius 1 is 1.47 bits per heavy atom. The molecule has 0 aliphatic heterocycles. The van der Waals surface area contributed by atoms with Crippen molar-refractivity contribution in [1.29, 1.82) is 0 Å². The molecule has 92 valence electrons. The van der Waals surface area contributed by atoms with Crippen LogP contribution in [0.3, 0.4) is 0 Å². The Kier molecular flexibility index (Phi) is 2.70. The zero-order chi connectivity index (χ0) is 11.9. The first kappa shape index (κ1) is 11.2. The summed E-state index contributed by atoms with van der Waals surface area (Å²) in [6.07, 6.45) is 8.46. The van der Waals surface area contributed by atoms with Crippen LogP contribution in [0, 0.1) is 5.92 Å².